The second kappa shape index (κ2) is 7.16. The summed E-state index contributed by atoms with van der Waals surface area (Å²) in [6, 6.07) is 0. The molecule has 0 aliphatic carbocycles. The van der Waals surface area contributed by atoms with Crippen LogP contribution in [0.3, 0.4) is 0 Å². The summed E-state index contributed by atoms with van der Waals surface area (Å²) in [6.45, 7) is 3.80. The molecule has 1 aromatic rings. The monoisotopic (exact) mass is 286 g/mol. The maximum atomic E-state index is 10.3. The van der Waals surface area contributed by atoms with Crippen molar-refractivity contribution in [3.63, 3.8) is 0 Å². The number of anilines is 1. The lowest BCUT2D eigenvalue weighted by Crippen LogP contribution is -2.50. The number of aryl methyl sites for hydroxylation is 1. The highest BCUT2D eigenvalue weighted by Gasteiger charge is 2.28. The Labute approximate surface area is 117 Å². The van der Waals surface area contributed by atoms with E-state index in [4.69, 9.17) is 10.5 Å². The van der Waals surface area contributed by atoms with E-state index in [1.165, 1.54) is 11.3 Å². The van der Waals surface area contributed by atoms with E-state index >= 15 is 0 Å². The smallest absolute Gasteiger partial charge is 0.180 e. The van der Waals surface area contributed by atoms with Crippen LogP contribution >= 0.6 is 11.3 Å². The first-order valence-electron chi connectivity index (χ1n) is 6.59. The van der Waals surface area contributed by atoms with Crippen LogP contribution in [0, 0.1) is 0 Å². The molecule has 7 heteroatoms. The van der Waals surface area contributed by atoms with Gasteiger partial charge in [0.1, 0.15) is 5.60 Å². The number of aliphatic hydroxyl groups is 1. The van der Waals surface area contributed by atoms with Crippen molar-refractivity contribution in [2.75, 3.05) is 45.1 Å². The lowest BCUT2D eigenvalue weighted by molar-refractivity contribution is -0.0261. The van der Waals surface area contributed by atoms with Gasteiger partial charge in [0.25, 0.3) is 0 Å². The van der Waals surface area contributed by atoms with E-state index in [2.05, 4.69) is 15.6 Å². The average molecular weight is 286 g/mol. The number of nitrogens with two attached hydrogens (primary N) is 1. The number of nitrogen functional groups attached to an aromatic ring is 1. The Bertz CT molecular complexity index is 378. The van der Waals surface area contributed by atoms with Crippen molar-refractivity contribution < 1.29 is 9.84 Å². The van der Waals surface area contributed by atoms with Crippen LogP contribution in [0.15, 0.2) is 5.38 Å². The number of nitrogens with one attached hydrogen (secondary N) is 2. The number of ether oxygens (including phenoxy) is 1. The number of hydrogen-bond donors (Lipinski definition) is 4. The van der Waals surface area contributed by atoms with E-state index < -0.39 is 5.60 Å². The molecule has 0 radical (unpaired) electrons. The molecule has 1 aliphatic heterocycles. The van der Waals surface area contributed by atoms with Crippen LogP contribution in [0.25, 0.3) is 0 Å². The van der Waals surface area contributed by atoms with E-state index in [0.717, 1.165) is 31.6 Å². The van der Waals surface area contributed by atoms with Gasteiger partial charge in [-0.3, -0.25) is 0 Å². The topological polar surface area (TPSA) is 92.4 Å². The third kappa shape index (κ3) is 5.04. The zero-order chi connectivity index (χ0) is 13.6. The lowest BCUT2D eigenvalue weighted by atomic mass is 10.1. The second-order valence-corrected chi connectivity index (χ2v) is 5.80. The molecule has 0 saturated carbocycles. The van der Waals surface area contributed by atoms with Crippen LogP contribution in [0.4, 0.5) is 5.13 Å². The van der Waals surface area contributed by atoms with Gasteiger partial charge in [-0.25, -0.2) is 4.98 Å². The Morgan fingerprint density at radius 3 is 3.32 bits per heavy atom. The molecular weight excluding hydrogens is 264 g/mol. The quantitative estimate of drug-likeness (QED) is 0.532. The lowest BCUT2D eigenvalue weighted by Gasteiger charge is -2.26. The fourth-order valence-corrected chi connectivity index (χ4v) is 2.64. The van der Waals surface area contributed by atoms with Crippen LogP contribution in [0.5, 0.6) is 0 Å². The standard InChI is InChI=1S/C12H22N4O2S/c13-11-16-10(6-19-11)2-1-3-14-7-12(17)8-15-4-5-18-9-12/h6,14-15,17H,1-5,7-9H2,(H2,13,16)/t12-/m0/s1. The minimum atomic E-state index is -0.804. The molecule has 6 nitrogen and oxygen atoms in total. The van der Waals surface area contributed by atoms with Crippen molar-refractivity contribution in [1.82, 2.24) is 15.6 Å². The summed E-state index contributed by atoms with van der Waals surface area (Å²) >= 11 is 1.47. The zero-order valence-electron chi connectivity index (χ0n) is 11.0. The maximum absolute atomic E-state index is 10.3. The van der Waals surface area contributed by atoms with Gasteiger partial charge in [-0.05, 0) is 19.4 Å². The Hall–Kier alpha value is -0.730. The highest BCUT2D eigenvalue weighted by molar-refractivity contribution is 7.13. The second-order valence-electron chi connectivity index (χ2n) is 4.91. The molecule has 1 atom stereocenters. The molecule has 1 fully saturated rings. The summed E-state index contributed by atoms with van der Waals surface area (Å²) in [5, 5.41) is 19.4. The molecule has 19 heavy (non-hydrogen) atoms. The number of β-amino-alcohol motifs (C(OH)–C–C–N with tert-alkyl or cyclic N) is 1. The molecule has 5 N–H and O–H groups in total. The fourth-order valence-electron chi connectivity index (χ4n) is 2.05. The molecule has 0 amide bonds. The third-order valence-electron chi connectivity index (χ3n) is 3.06. The predicted octanol–water partition coefficient (Wildman–Crippen LogP) is -0.402. The summed E-state index contributed by atoms with van der Waals surface area (Å²) in [7, 11) is 0. The van der Waals surface area contributed by atoms with Crippen LogP contribution in [-0.4, -0.2) is 55.1 Å². The van der Waals surface area contributed by atoms with Crippen molar-refractivity contribution in [1.29, 1.82) is 0 Å². The first-order valence-corrected chi connectivity index (χ1v) is 7.47. The highest BCUT2D eigenvalue weighted by atomic mass is 32.1. The summed E-state index contributed by atoms with van der Waals surface area (Å²) < 4.78 is 5.36. The van der Waals surface area contributed by atoms with Crippen molar-refractivity contribution in [3.8, 4) is 0 Å². The largest absolute Gasteiger partial charge is 0.385 e. The van der Waals surface area contributed by atoms with Gasteiger partial charge in [-0.1, -0.05) is 0 Å². The van der Waals surface area contributed by atoms with Crippen LogP contribution in [0.1, 0.15) is 12.1 Å². The maximum Gasteiger partial charge on any atom is 0.180 e. The average Bonchev–Trinajstić information content (AvgIpc) is 2.67. The number of aromatic nitrogens is 1. The number of nitrogens with zero attached hydrogens (tertiary/aromatic N) is 1. The molecule has 0 spiro atoms. The Morgan fingerprint density at radius 1 is 1.63 bits per heavy atom. The molecule has 0 aromatic carbocycles. The van der Waals surface area contributed by atoms with Crippen molar-refractivity contribution in [2.24, 2.45) is 0 Å². The van der Waals surface area contributed by atoms with Crippen LogP contribution in [-0.2, 0) is 11.2 Å². The minimum absolute atomic E-state index is 0.385. The van der Waals surface area contributed by atoms with E-state index in [1.807, 2.05) is 5.38 Å². The van der Waals surface area contributed by atoms with Gasteiger partial charge < -0.3 is 26.2 Å². The first kappa shape index (κ1) is 14.7. The summed E-state index contributed by atoms with van der Waals surface area (Å²) in [5.41, 5.74) is 5.82. The highest BCUT2D eigenvalue weighted by Crippen LogP contribution is 2.12. The van der Waals surface area contributed by atoms with E-state index in [1.54, 1.807) is 0 Å². The molecule has 1 aliphatic rings. The minimum Gasteiger partial charge on any atom is -0.385 e. The van der Waals surface area contributed by atoms with Gasteiger partial charge in [0.2, 0.25) is 0 Å². The van der Waals surface area contributed by atoms with Gasteiger partial charge in [0.15, 0.2) is 5.13 Å². The molecule has 2 heterocycles. The molecule has 1 aromatic heterocycles. The molecular formula is C12H22N4O2S. The zero-order valence-corrected chi connectivity index (χ0v) is 11.8. The van der Waals surface area contributed by atoms with Crippen molar-refractivity contribution in [3.05, 3.63) is 11.1 Å². The van der Waals surface area contributed by atoms with E-state index in [0.29, 0.717) is 31.4 Å². The van der Waals surface area contributed by atoms with Crippen molar-refractivity contribution >= 4 is 16.5 Å². The normalized spacial score (nSPS) is 24.3. The number of hydrogen-bond acceptors (Lipinski definition) is 7. The fraction of sp³-hybridized carbons (Fsp3) is 0.750. The van der Waals surface area contributed by atoms with Crippen molar-refractivity contribution in [2.45, 2.75) is 18.4 Å². The summed E-state index contributed by atoms with van der Waals surface area (Å²) in [6.07, 6.45) is 1.89. The van der Waals surface area contributed by atoms with Gasteiger partial charge in [-0.15, -0.1) is 11.3 Å². The Kier molecular flexibility index (Phi) is 5.53. The SMILES string of the molecule is Nc1nc(CCCNC[C@]2(O)CNCCOC2)cs1. The molecule has 0 bridgehead atoms. The molecule has 0 unspecified atom stereocenters. The first-order chi connectivity index (χ1) is 9.18. The number of thiazole rings is 1. The Morgan fingerprint density at radius 2 is 2.53 bits per heavy atom. The van der Waals surface area contributed by atoms with E-state index in [9.17, 15) is 5.11 Å². The third-order valence-corrected chi connectivity index (χ3v) is 3.78. The number of rotatable bonds is 6. The van der Waals surface area contributed by atoms with Gasteiger partial charge >= 0.3 is 0 Å². The summed E-state index contributed by atoms with van der Waals surface area (Å²) in [4.78, 5) is 4.21. The van der Waals surface area contributed by atoms with Crippen LogP contribution < -0.4 is 16.4 Å². The predicted molar refractivity (Wildman–Crippen MR) is 76.4 cm³/mol. The summed E-state index contributed by atoms with van der Waals surface area (Å²) in [5.74, 6) is 0. The molecule has 2 rings (SSSR count). The molecule has 1 saturated heterocycles. The van der Waals surface area contributed by atoms with Gasteiger partial charge in [0, 0.05) is 25.0 Å². The van der Waals surface area contributed by atoms with Gasteiger partial charge in [-0.2, -0.15) is 0 Å². The van der Waals surface area contributed by atoms with E-state index in [-0.39, 0.29) is 0 Å². The van der Waals surface area contributed by atoms with Gasteiger partial charge in [0.05, 0.1) is 18.9 Å². The van der Waals surface area contributed by atoms with Crippen LogP contribution in [0.2, 0.25) is 0 Å². The molecule has 108 valence electrons. The Balaban J connectivity index is 1.60.